The molecular weight excluding hydrogens is 304 g/mol. The third-order valence-corrected chi connectivity index (χ3v) is 5.74. The molecule has 2 atom stereocenters. The van der Waals surface area contributed by atoms with E-state index in [0.29, 0.717) is 5.92 Å². The van der Waals surface area contributed by atoms with Gasteiger partial charge >= 0.3 is 11.8 Å². The lowest BCUT2D eigenvalue weighted by Gasteiger charge is -2.27. The standard InChI is InChI=1S/C23H31N2/c1-17(2)20-10-12-21(13-11-20)22(25-14-5-6-15-25)16-24-23-18(3)8-7-9-19(23)4/h7-9,12,20,22H,1,5-6,10-11,13-15H2,2-4H3/q+1/t20-,22?/m1/s1. The van der Waals surface area contributed by atoms with Crippen LogP contribution < -0.4 is 0 Å². The Labute approximate surface area is 153 Å². The summed E-state index contributed by atoms with van der Waals surface area (Å²) in [6, 6.07) is 10.1. The molecule has 2 aliphatic rings. The van der Waals surface area contributed by atoms with Gasteiger partial charge in [-0.1, -0.05) is 36.4 Å². The molecule has 0 amide bonds. The van der Waals surface area contributed by atoms with E-state index in [9.17, 15) is 0 Å². The quantitative estimate of drug-likeness (QED) is 0.611. The number of hydrogen-bond acceptors (Lipinski definition) is 1. The predicted molar refractivity (Wildman–Crippen MR) is 108 cm³/mol. The third-order valence-electron chi connectivity index (χ3n) is 5.74. The van der Waals surface area contributed by atoms with Gasteiger partial charge in [-0.2, -0.15) is 0 Å². The van der Waals surface area contributed by atoms with Crippen LogP contribution in [-0.2, 0) is 0 Å². The highest BCUT2D eigenvalue weighted by atomic mass is 15.2. The zero-order valence-electron chi connectivity index (χ0n) is 16.0. The first kappa shape index (κ1) is 18.0. The molecule has 0 N–H and O–H groups in total. The topological polar surface area (TPSA) is 7.60 Å². The summed E-state index contributed by atoms with van der Waals surface area (Å²) in [5.74, 6) is 0.651. The van der Waals surface area contributed by atoms with Crippen LogP contribution in [0.3, 0.4) is 0 Å². The van der Waals surface area contributed by atoms with Crippen LogP contribution in [0.1, 0.15) is 50.2 Å². The van der Waals surface area contributed by atoms with Gasteiger partial charge in [0.2, 0.25) is 0 Å². The molecule has 1 saturated heterocycles. The molecule has 1 aliphatic heterocycles. The van der Waals surface area contributed by atoms with Crippen molar-refractivity contribution in [1.29, 1.82) is 0 Å². The summed E-state index contributed by atoms with van der Waals surface area (Å²) in [7, 11) is 0. The number of para-hydroxylation sites is 1. The minimum atomic E-state index is 0.243. The van der Waals surface area contributed by atoms with Gasteiger partial charge in [0, 0.05) is 11.1 Å². The largest absolute Gasteiger partial charge is 0.346 e. The Kier molecular flexibility index (Phi) is 5.76. The van der Waals surface area contributed by atoms with E-state index in [1.807, 2.05) is 0 Å². The van der Waals surface area contributed by atoms with Crippen molar-refractivity contribution in [2.45, 2.75) is 58.9 Å². The van der Waals surface area contributed by atoms with Crippen LogP contribution in [0.2, 0.25) is 0 Å². The van der Waals surface area contributed by atoms with E-state index in [1.165, 1.54) is 54.6 Å². The van der Waals surface area contributed by atoms with Crippen molar-refractivity contribution in [3.05, 3.63) is 58.0 Å². The number of likely N-dealkylation sites (tertiary alicyclic amines) is 1. The van der Waals surface area contributed by atoms with Crippen molar-refractivity contribution < 1.29 is 0 Å². The molecule has 0 spiro atoms. The zero-order chi connectivity index (χ0) is 17.8. The van der Waals surface area contributed by atoms with Crippen LogP contribution in [0.25, 0.3) is 4.85 Å². The van der Waals surface area contributed by atoms with Gasteiger partial charge in [-0.05, 0) is 82.3 Å². The average Bonchev–Trinajstić information content (AvgIpc) is 3.12. The normalized spacial score (nSPS) is 22.0. The van der Waals surface area contributed by atoms with E-state index >= 15 is 0 Å². The summed E-state index contributed by atoms with van der Waals surface area (Å²) >= 11 is 0. The summed E-state index contributed by atoms with van der Waals surface area (Å²) in [5, 5.41) is 0. The number of rotatable bonds is 3. The second kappa shape index (κ2) is 8.02. The van der Waals surface area contributed by atoms with Crippen LogP contribution in [0, 0.1) is 25.8 Å². The van der Waals surface area contributed by atoms with E-state index < -0.39 is 0 Å². The maximum Gasteiger partial charge on any atom is 0.346 e. The minimum Gasteiger partial charge on any atom is -0.281 e. The summed E-state index contributed by atoms with van der Waals surface area (Å²) in [6.07, 6.45) is 8.52. The van der Waals surface area contributed by atoms with Crippen LogP contribution in [0.15, 0.2) is 42.0 Å². The first-order valence-corrected chi connectivity index (χ1v) is 9.67. The summed E-state index contributed by atoms with van der Waals surface area (Å²) in [5.41, 5.74) is 6.37. The van der Waals surface area contributed by atoms with Gasteiger partial charge in [0.15, 0.2) is 6.04 Å². The average molecular weight is 336 g/mol. The molecule has 2 nitrogen and oxygen atoms in total. The van der Waals surface area contributed by atoms with Crippen molar-refractivity contribution in [2.24, 2.45) is 5.92 Å². The van der Waals surface area contributed by atoms with Gasteiger partial charge in [0.25, 0.3) is 0 Å². The Bertz CT molecular complexity index is 706. The zero-order valence-corrected chi connectivity index (χ0v) is 16.0. The Morgan fingerprint density at radius 2 is 1.92 bits per heavy atom. The molecule has 1 fully saturated rings. The molecular formula is C23H31N2+. The Morgan fingerprint density at radius 3 is 2.48 bits per heavy atom. The molecule has 132 valence electrons. The molecule has 25 heavy (non-hydrogen) atoms. The highest BCUT2D eigenvalue weighted by molar-refractivity contribution is 5.59. The summed E-state index contributed by atoms with van der Waals surface area (Å²) < 4.78 is 0. The van der Waals surface area contributed by atoms with Crippen molar-refractivity contribution in [1.82, 2.24) is 4.90 Å². The van der Waals surface area contributed by atoms with Crippen LogP contribution in [-0.4, -0.2) is 24.0 Å². The number of allylic oxidation sites excluding steroid dienone is 2. The fourth-order valence-corrected chi connectivity index (χ4v) is 4.06. The van der Waals surface area contributed by atoms with E-state index in [0.717, 1.165) is 18.5 Å². The lowest BCUT2D eigenvalue weighted by molar-refractivity contribution is 0.309. The van der Waals surface area contributed by atoms with Gasteiger partial charge in [-0.3, -0.25) is 4.90 Å². The van der Waals surface area contributed by atoms with Crippen LogP contribution >= 0.6 is 0 Å². The smallest absolute Gasteiger partial charge is 0.281 e. The third kappa shape index (κ3) is 4.22. The number of hydrogen-bond donors (Lipinski definition) is 0. The predicted octanol–water partition coefficient (Wildman–Crippen LogP) is 6.03. The maximum absolute atomic E-state index is 4.83. The van der Waals surface area contributed by atoms with E-state index in [-0.39, 0.29) is 6.04 Å². The second-order valence-electron chi connectivity index (χ2n) is 7.72. The second-order valence-corrected chi connectivity index (χ2v) is 7.72. The molecule has 1 aromatic carbocycles. The van der Waals surface area contributed by atoms with Crippen molar-refractivity contribution >= 4 is 5.69 Å². The Balaban J connectivity index is 1.87. The Morgan fingerprint density at radius 1 is 1.24 bits per heavy atom. The monoisotopic (exact) mass is 335 g/mol. The molecule has 0 saturated carbocycles. The molecule has 1 aliphatic carbocycles. The van der Waals surface area contributed by atoms with Gasteiger partial charge in [0.1, 0.15) is 0 Å². The molecule has 1 heterocycles. The SMILES string of the molecule is C=C(C)[C@@H]1CC=C(C(C#[N+]c2c(C)cccc2C)N2CCCC2)CC1. The Hall–Kier alpha value is -1.85. The molecule has 0 aromatic heterocycles. The summed E-state index contributed by atoms with van der Waals surface area (Å²) in [4.78, 5) is 7.39. The number of benzene rings is 1. The minimum absolute atomic E-state index is 0.243. The van der Waals surface area contributed by atoms with E-state index in [4.69, 9.17) is 4.85 Å². The number of nitrogens with zero attached hydrogens (tertiary/aromatic N) is 2. The first-order valence-electron chi connectivity index (χ1n) is 9.67. The molecule has 3 rings (SSSR count). The highest BCUT2D eigenvalue weighted by Gasteiger charge is 2.30. The maximum atomic E-state index is 4.83. The van der Waals surface area contributed by atoms with Crippen LogP contribution in [0.5, 0.6) is 0 Å². The lowest BCUT2D eigenvalue weighted by Crippen LogP contribution is -2.34. The molecule has 0 radical (unpaired) electrons. The lowest BCUT2D eigenvalue weighted by atomic mass is 9.83. The highest BCUT2D eigenvalue weighted by Crippen LogP contribution is 2.32. The fraction of sp³-hybridized carbons (Fsp3) is 0.522. The molecule has 0 bridgehead atoms. The molecule has 1 aromatic rings. The van der Waals surface area contributed by atoms with Crippen molar-refractivity contribution in [2.75, 3.05) is 13.1 Å². The van der Waals surface area contributed by atoms with Crippen molar-refractivity contribution in [3.63, 3.8) is 0 Å². The molecule has 1 unspecified atom stereocenters. The van der Waals surface area contributed by atoms with Crippen LogP contribution in [0.4, 0.5) is 5.69 Å². The van der Waals surface area contributed by atoms with E-state index in [2.05, 4.69) is 62.6 Å². The number of aryl methyl sites for hydroxylation is 2. The van der Waals surface area contributed by atoms with E-state index in [1.54, 1.807) is 0 Å². The van der Waals surface area contributed by atoms with Gasteiger partial charge in [-0.15, -0.1) is 0 Å². The van der Waals surface area contributed by atoms with Gasteiger partial charge in [0.05, 0.1) is 0 Å². The fourth-order valence-electron chi connectivity index (χ4n) is 4.06. The summed E-state index contributed by atoms with van der Waals surface area (Å²) in [6.45, 7) is 12.9. The van der Waals surface area contributed by atoms with Gasteiger partial charge < -0.3 is 0 Å². The molecule has 2 heteroatoms. The van der Waals surface area contributed by atoms with Gasteiger partial charge in [-0.25, -0.2) is 0 Å². The van der Waals surface area contributed by atoms with Crippen molar-refractivity contribution in [3.8, 4) is 6.07 Å². The first-order chi connectivity index (χ1) is 12.1.